The van der Waals surface area contributed by atoms with E-state index in [1.165, 1.54) is 12.1 Å². The molecule has 0 amide bonds. The van der Waals surface area contributed by atoms with Gasteiger partial charge in [-0.1, -0.05) is 26.0 Å². The first-order valence-electron chi connectivity index (χ1n) is 5.50. The Labute approximate surface area is 96.1 Å². The molecule has 1 unspecified atom stereocenters. The van der Waals surface area contributed by atoms with E-state index in [1.807, 2.05) is 20.8 Å². The van der Waals surface area contributed by atoms with Gasteiger partial charge in [0.1, 0.15) is 5.82 Å². The summed E-state index contributed by atoms with van der Waals surface area (Å²) in [6, 6.07) is 6.21. The van der Waals surface area contributed by atoms with Gasteiger partial charge in [-0.05, 0) is 24.6 Å². The SMILES string of the molecule is CCOCC(O)C(C)(C)c1ccc(F)cc1. The smallest absolute Gasteiger partial charge is 0.123 e. The number of hydrogen-bond acceptors (Lipinski definition) is 2. The molecule has 0 saturated carbocycles. The van der Waals surface area contributed by atoms with Gasteiger partial charge in [-0.15, -0.1) is 0 Å². The zero-order valence-corrected chi connectivity index (χ0v) is 10.0. The lowest BCUT2D eigenvalue weighted by atomic mass is 9.79. The lowest BCUT2D eigenvalue weighted by molar-refractivity contribution is 0.00446. The highest BCUT2D eigenvalue weighted by Crippen LogP contribution is 2.27. The van der Waals surface area contributed by atoms with Gasteiger partial charge >= 0.3 is 0 Å². The Morgan fingerprint density at radius 3 is 2.38 bits per heavy atom. The monoisotopic (exact) mass is 226 g/mol. The Morgan fingerprint density at radius 2 is 1.88 bits per heavy atom. The molecule has 1 rings (SSSR count). The highest BCUT2D eigenvalue weighted by Gasteiger charge is 2.29. The largest absolute Gasteiger partial charge is 0.390 e. The van der Waals surface area contributed by atoms with Crippen LogP contribution in [0.25, 0.3) is 0 Å². The Bertz CT molecular complexity index is 319. The second-order valence-electron chi connectivity index (χ2n) is 4.40. The molecule has 16 heavy (non-hydrogen) atoms. The second kappa shape index (κ2) is 5.41. The summed E-state index contributed by atoms with van der Waals surface area (Å²) in [4.78, 5) is 0. The number of benzene rings is 1. The van der Waals surface area contributed by atoms with Crippen molar-refractivity contribution in [3.8, 4) is 0 Å². The van der Waals surface area contributed by atoms with Crippen LogP contribution in [0.15, 0.2) is 24.3 Å². The minimum Gasteiger partial charge on any atom is -0.390 e. The average molecular weight is 226 g/mol. The van der Waals surface area contributed by atoms with Crippen LogP contribution in [0.3, 0.4) is 0 Å². The molecule has 0 aliphatic heterocycles. The third-order valence-electron chi connectivity index (χ3n) is 2.90. The van der Waals surface area contributed by atoms with E-state index in [0.29, 0.717) is 13.2 Å². The molecule has 1 N–H and O–H groups in total. The zero-order valence-electron chi connectivity index (χ0n) is 10.0. The van der Waals surface area contributed by atoms with Crippen LogP contribution >= 0.6 is 0 Å². The van der Waals surface area contributed by atoms with Gasteiger partial charge in [0.2, 0.25) is 0 Å². The minimum atomic E-state index is -0.599. The van der Waals surface area contributed by atoms with Crippen molar-refractivity contribution < 1.29 is 14.2 Å². The third-order valence-corrected chi connectivity index (χ3v) is 2.90. The van der Waals surface area contributed by atoms with E-state index in [1.54, 1.807) is 12.1 Å². The number of ether oxygens (including phenoxy) is 1. The Morgan fingerprint density at radius 1 is 1.31 bits per heavy atom. The van der Waals surface area contributed by atoms with Crippen molar-refractivity contribution in [2.75, 3.05) is 13.2 Å². The fourth-order valence-electron chi connectivity index (χ4n) is 1.51. The summed E-state index contributed by atoms with van der Waals surface area (Å²) in [6.07, 6.45) is -0.599. The predicted molar refractivity (Wildman–Crippen MR) is 61.9 cm³/mol. The first kappa shape index (κ1) is 13.1. The molecule has 0 aromatic heterocycles. The predicted octanol–water partition coefficient (Wildman–Crippen LogP) is 2.50. The van der Waals surface area contributed by atoms with Crippen LogP contribution < -0.4 is 0 Å². The van der Waals surface area contributed by atoms with Crippen molar-refractivity contribution in [3.05, 3.63) is 35.6 Å². The molecule has 0 saturated heterocycles. The Balaban J connectivity index is 2.79. The summed E-state index contributed by atoms with van der Waals surface area (Å²) < 4.78 is 18.0. The van der Waals surface area contributed by atoms with E-state index in [0.717, 1.165) is 5.56 Å². The van der Waals surface area contributed by atoms with E-state index >= 15 is 0 Å². The Kier molecular flexibility index (Phi) is 4.44. The van der Waals surface area contributed by atoms with E-state index in [-0.39, 0.29) is 5.82 Å². The van der Waals surface area contributed by atoms with Gasteiger partial charge in [0.25, 0.3) is 0 Å². The fourth-order valence-corrected chi connectivity index (χ4v) is 1.51. The molecule has 2 nitrogen and oxygen atoms in total. The van der Waals surface area contributed by atoms with Gasteiger partial charge in [0, 0.05) is 12.0 Å². The maximum absolute atomic E-state index is 12.8. The van der Waals surface area contributed by atoms with Crippen molar-refractivity contribution in [2.45, 2.75) is 32.3 Å². The summed E-state index contributed by atoms with van der Waals surface area (Å²) in [6.45, 7) is 6.60. The number of aliphatic hydroxyl groups is 1. The van der Waals surface area contributed by atoms with Gasteiger partial charge in [-0.25, -0.2) is 4.39 Å². The first-order valence-corrected chi connectivity index (χ1v) is 5.50. The second-order valence-corrected chi connectivity index (χ2v) is 4.40. The molecule has 0 bridgehead atoms. The average Bonchev–Trinajstić information content (AvgIpc) is 2.26. The van der Waals surface area contributed by atoms with E-state index in [4.69, 9.17) is 4.74 Å². The van der Waals surface area contributed by atoms with Crippen LogP contribution in [0.5, 0.6) is 0 Å². The summed E-state index contributed by atoms with van der Waals surface area (Å²) in [5.41, 5.74) is 0.462. The number of rotatable bonds is 5. The molecule has 1 aromatic carbocycles. The van der Waals surface area contributed by atoms with Gasteiger partial charge in [0.05, 0.1) is 12.7 Å². The summed E-state index contributed by atoms with van der Waals surface area (Å²) in [7, 11) is 0. The van der Waals surface area contributed by atoms with E-state index in [2.05, 4.69) is 0 Å². The fraction of sp³-hybridized carbons (Fsp3) is 0.538. The molecule has 1 aromatic rings. The standard InChI is InChI=1S/C13H19FO2/c1-4-16-9-12(15)13(2,3)10-5-7-11(14)8-6-10/h5-8,12,15H,4,9H2,1-3H3. The maximum Gasteiger partial charge on any atom is 0.123 e. The first-order chi connectivity index (χ1) is 7.48. The molecule has 0 radical (unpaired) electrons. The van der Waals surface area contributed by atoms with Crippen LogP contribution in [0.4, 0.5) is 4.39 Å². The molecule has 0 spiro atoms. The number of aliphatic hydroxyl groups excluding tert-OH is 1. The number of halogens is 1. The quantitative estimate of drug-likeness (QED) is 0.836. The highest BCUT2D eigenvalue weighted by atomic mass is 19.1. The van der Waals surface area contributed by atoms with Crippen LogP contribution in [0.2, 0.25) is 0 Å². The van der Waals surface area contributed by atoms with Crippen LogP contribution in [0.1, 0.15) is 26.3 Å². The van der Waals surface area contributed by atoms with Crippen LogP contribution in [-0.4, -0.2) is 24.4 Å². The van der Waals surface area contributed by atoms with Crippen molar-refractivity contribution in [1.82, 2.24) is 0 Å². The Hall–Kier alpha value is -0.930. The van der Waals surface area contributed by atoms with Crippen LogP contribution in [0, 0.1) is 5.82 Å². The molecule has 3 heteroatoms. The van der Waals surface area contributed by atoms with Crippen molar-refractivity contribution in [2.24, 2.45) is 0 Å². The van der Waals surface area contributed by atoms with Gasteiger partial charge in [0.15, 0.2) is 0 Å². The van der Waals surface area contributed by atoms with Gasteiger partial charge in [-0.3, -0.25) is 0 Å². The summed E-state index contributed by atoms with van der Waals surface area (Å²) in [5, 5.41) is 10.0. The molecule has 1 atom stereocenters. The molecular formula is C13H19FO2. The maximum atomic E-state index is 12.8. The van der Waals surface area contributed by atoms with Crippen LogP contribution in [-0.2, 0) is 10.2 Å². The lowest BCUT2D eigenvalue weighted by Gasteiger charge is -2.30. The minimum absolute atomic E-state index is 0.265. The lowest BCUT2D eigenvalue weighted by Crippen LogP contribution is -2.37. The number of hydrogen-bond donors (Lipinski definition) is 1. The third kappa shape index (κ3) is 3.03. The molecule has 0 aliphatic rings. The molecule has 0 aliphatic carbocycles. The summed E-state index contributed by atoms with van der Waals surface area (Å²) in [5.74, 6) is -0.265. The van der Waals surface area contributed by atoms with Crippen molar-refractivity contribution in [3.63, 3.8) is 0 Å². The molecular weight excluding hydrogens is 207 g/mol. The topological polar surface area (TPSA) is 29.5 Å². The van der Waals surface area contributed by atoms with Gasteiger partial charge in [-0.2, -0.15) is 0 Å². The highest BCUT2D eigenvalue weighted by molar-refractivity contribution is 5.25. The normalized spacial score (nSPS) is 13.8. The molecule has 90 valence electrons. The van der Waals surface area contributed by atoms with E-state index in [9.17, 15) is 9.50 Å². The van der Waals surface area contributed by atoms with Crippen molar-refractivity contribution >= 4 is 0 Å². The van der Waals surface area contributed by atoms with Gasteiger partial charge < -0.3 is 9.84 Å². The molecule has 0 fully saturated rings. The van der Waals surface area contributed by atoms with Crippen molar-refractivity contribution in [1.29, 1.82) is 0 Å². The summed E-state index contributed by atoms with van der Waals surface area (Å²) >= 11 is 0. The zero-order chi connectivity index (χ0) is 12.2. The molecule has 0 heterocycles. The van der Waals surface area contributed by atoms with E-state index < -0.39 is 11.5 Å².